The zero-order valence-electron chi connectivity index (χ0n) is 9.92. The zero-order chi connectivity index (χ0) is 11.4. The highest BCUT2D eigenvalue weighted by Crippen LogP contribution is 2.19. The second-order valence-corrected chi connectivity index (χ2v) is 4.12. The molecule has 3 heteroatoms. The maximum atomic E-state index is 5.58. The monoisotopic (exact) mass is 218 g/mol. The summed E-state index contributed by atoms with van der Waals surface area (Å²) < 4.78 is 5.58. The van der Waals surface area contributed by atoms with E-state index in [-0.39, 0.29) is 0 Å². The molecular formula is C13H18N2O. The molecule has 0 atom stereocenters. The van der Waals surface area contributed by atoms with Gasteiger partial charge < -0.3 is 9.73 Å². The van der Waals surface area contributed by atoms with E-state index in [1.807, 2.05) is 18.2 Å². The van der Waals surface area contributed by atoms with Crippen molar-refractivity contribution in [3.05, 3.63) is 23.8 Å². The summed E-state index contributed by atoms with van der Waals surface area (Å²) in [6, 6.07) is 6.68. The van der Waals surface area contributed by atoms with Crippen molar-refractivity contribution >= 4 is 17.1 Å². The zero-order valence-corrected chi connectivity index (χ0v) is 9.92. The van der Waals surface area contributed by atoms with Gasteiger partial charge in [-0.15, -0.1) is 0 Å². The molecule has 16 heavy (non-hydrogen) atoms. The van der Waals surface area contributed by atoms with E-state index in [1.165, 1.54) is 18.4 Å². The number of oxazole rings is 1. The van der Waals surface area contributed by atoms with Crippen LogP contribution < -0.4 is 5.32 Å². The van der Waals surface area contributed by atoms with Crippen molar-refractivity contribution in [2.24, 2.45) is 0 Å². The first-order valence-electron chi connectivity index (χ1n) is 5.90. The van der Waals surface area contributed by atoms with Gasteiger partial charge in [-0.1, -0.05) is 25.8 Å². The Morgan fingerprint density at radius 3 is 3.00 bits per heavy atom. The molecule has 0 amide bonds. The average molecular weight is 218 g/mol. The highest BCUT2D eigenvalue weighted by molar-refractivity contribution is 5.75. The fourth-order valence-electron chi connectivity index (χ4n) is 1.68. The summed E-state index contributed by atoms with van der Waals surface area (Å²) in [6.07, 6.45) is 3.63. The smallest absolute Gasteiger partial charge is 0.295 e. The topological polar surface area (TPSA) is 38.1 Å². The molecule has 0 fully saturated rings. The van der Waals surface area contributed by atoms with E-state index < -0.39 is 0 Å². The predicted molar refractivity (Wildman–Crippen MR) is 66.8 cm³/mol. The van der Waals surface area contributed by atoms with Crippen molar-refractivity contribution < 1.29 is 4.42 Å². The van der Waals surface area contributed by atoms with E-state index in [0.717, 1.165) is 24.1 Å². The van der Waals surface area contributed by atoms with Crippen LogP contribution in [0.1, 0.15) is 31.7 Å². The molecule has 0 aliphatic heterocycles. The second-order valence-electron chi connectivity index (χ2n) is 4.12. The third kappa shape index (κ3) is 2.54. The Labute approximate surface area is 95.9 Å². The van der Waals surface area contributed by atoms with Gasteiger partial charge in [-0.3, -0.25) is 0 Å². The van der Waals surface area contributed by atoms with Crippen LogP contribution in [0, 0.1) is 6.92 Å². The second kappa shape index (κ2) is 5.01. The van der Waals surface area contributed by atoms with Gasteiger partial charge in [0.25, 0.3) is 6.01 Å². The molecule has 0 spiro atoms. The van der Waals surface area contributed by atoms with Crippen LogP contribution in [0.5, 0.6) is 0 Å². The quantitative estimate of drug-likeness (QED) is 0.777. The number of anilines is 1. The molecule has 0 aliphatic carbocycles. The Morgan fingerprint density at radius 1 is 1.31 bits per heavy atom. The normalized spacial score (nSPS) is 10.9. The number of aromatic nitrogens is 1. The van der Waals surface area contributed by atoms with Gasteiger partial charge in [0, 0.05) is 6.54 Å². The van der Waals surface area contributed by atoms with Gasteiger partial charge in [-0.2, -0.15) is 4.98 Å². The number of fused-ring (bicyclic) bond motifs is 1. The van der Waals surface area contributed by atoms with Crippen LogP contribution in [0.2, 0.25) is 0 Å². The van der Waals surface area contributed by atoms with Crippen molar-refractivity contribution in [2.75, 3.05) is 11.9 Å². The molecule has 0 radical (unpaired) electrons. The van der Waals surface area contributed by atoms with E-state index in [2.05, 4.69) is 24.1 Å². The molecule has 86 valence electrons. The maximum absolute atomic E-state index is 5.58. The molecule has 0 saturated heterocycles. The highest BCUT2D eigenvalue weighted by atomic mass is 16.4. The Kier molecular flexibility index (Phi) is 3.44. The average Bonchev–Trinajstić information content (AvgIpc) is 2.66. The number of nitrogens with one attached hydrogen (secondary N) is 1. The minimum Gasteiger partial charge on any atom is -0.424 e. The standard InChI is InChI=1S/C13H18N2O/c1-3-4-5-8-14-13-15-11-9-10(2)6-7-12(11)16-13/h6-7,9H,3-5,8H2,1-2H3,(H,14,15). The van der Waals surface area contributed by atoms with Crippen molar-refractivity contribution in [1.82, 2.24) is 4.98 Å². The fraction of sp³-hybridized carbons (Fsp3) is 0.462. The van der Waals surface area contributed by atoms with Crippen LogP contribution in [0.15, 0.2) is 22.6 Å². The summed E-state index contributed by atoms with van der Waals surface area (Å²) in [7, 11) is 0. The van der Waals surface area contributed by atoms with E-state index in [1.54, 1.807) is 0 Å². The number of hydrogen-bond donors (Lipinski definition) is 1. The van der Waals surface area contributed by atoms with Gasteiger partial charge in [0.2, 0.25) is 0 Å². The van der Waals surface area contributed by atoms with Crippen molar-refractivity contribution in [2.45, 2.75) is 33.1 Å². The SMILES string of the molecule is CCCCCNc1nc2cc(C)ccc2o1. The van der Waals surface area contributed by atoms with Crippen LogP contribution in [-0.2, 0) is 0 Å². The Bertz CT molecular complexity index is 462. The van der Waals surface area contributed by atoms with Crippen LogP contribution in [0.4, 0.5) is 6.01 Å². The third-order valence-electron chi connectivity index (χ3n) is 2.60. The molecule has 1 aromatic carbocycles. The van der Waals surface area contributed by atoms with Crippen molar-refractivity contribution in [3.63, 3.8) is 0 Å². The molecule has 0 bridgehead atoms. The molecule has 1 heterocycles. The largest absolute Gasteiger partial charge is 0.424 e. The van der Waals surface area contributed by atoms with Crippen LogP contribution in [0.3, 0.4) is 0 Å². The number of rotatable bonds is 5. The van der Waals surface area contributed by atoms with Gasteiger partial charge >= 0.3 is 0 Å². The van der Waals surface area contributed by atoms with Crippen molar-refractivity contribution in [1.29, 1.82) is 0 Å². The number of unbranched alkanes of at least 4 members (excludes halogenated alkanes) is 2. The first-order chi connectivity index (χ1) is 7.79. The summed E-state index contributed by atoms with van der Waals surface area (Å²) in [6.45, 7) is 5.18. The van der Waals surface area contributed by atoms with Crippen LogP contribution in [-0.4, -0.2) is 11.5 Å². The summed E-state index contributed by atoms with van der Waals surface area (Å²) >= 11 is 0. The van der Waals surface area contributed by atoms with Crippen molar-refractivity contribution in [3.8, 4) is 0 Å². The van der Waals surface area contributed by atoms with Crippen LogP contribution >= 0.6 is 0 Å². The summed E-state index contributed by atoms with van der Waals surface area (Å²) in [4.78, 5) is 4.39. The molecule has 3 nitrogen and oxygen atoms in total. The molecule has 2 rings (SSSR count). The molecule has 2 aromatic rings. The molecule has 1 N–H and O–H groups in total. The number of aryl methyl sites for hydroxylation is 1. The lowest BCUT2D eigenvalue weighted by molar-refractivity contribution is 0.609. The lowest BCUT2D eigenvalue weighted by atomic mass is 10.2. The van der Waals surface area contributed by atoms with Gasteiger partial charge in [-0.05, 0) is 31.0 Å². The Balaban J connectivity index is 2.02. The van der Waals surface area contributed by atoms with Gasteiger partial charge in [0.1, 0.15) is 5.52 Å². The Morgan fingerprint density at radius 2 is 2.19 bits per heavy atom. The third-order valence-corrected chi connectivity index (χ3v) is 2.60. The Hall–Kier alpha value is -1.51. The van der Waals surface area contributed by atoms with E-state index in [4.69, 9.17) is 4.42 Å². The molecule has 1 aromatic heterocycles. The minimum atomic E-state index is 0.636. The number of hydrogen-bond acceptors (Lipinski definition) is 3. The summed E-state index contributed by atoms with van der Waals surface area (Å²) in [5.74, 6) is 0. The van der Waals surface area contributed by atoms with Crippen LogP contribution in [0.25, 0.3) is 11.1 Å². The minimum absolute atomic E-state index is 0.636. The van der Waals surface area contributed by atoms with E-state index >= 15 is 0 Å². The van der Waals surface area contributed by atoms with Gasteiger partial charge in [0.15, 0.2) is 5.58 Å². The molecular weight excluding hydrogens is 200 g/mol. The predicted octanol–water partition coefficient (Wildman–Crippen LogP) is 3.74. The lowest BCUT2D eigenvalue weighted by Gasteiger charge is -1.98. The molecule has 0 aliphatic rings. The maximum Gasteiger partial charge on any atom is 0.295 e. The van der Waals surface area contributed by atoms with E-state index in [0.29, 0.717) is 6.01 Å². The first kappa shape index (κ1) is 11.0. The number of benzene rings is 1. The fourth-order valence-corrected chi connectivity index (χ4v) is 1.68. The van der Waals surface area contributed by atoms with Gasteiger partial charge in [-0.25, -0.2) is 0 Å². The lowest BCUT2D eigenvalue weighted by Crippen LogP contribution is -2.00. The molecule has 0 saturated carbocycles. The molecule has 0 unspecified atom stereocenters. The van der Waals surface area contributed by atoms with Gasteiger partial charge in [0.05, 0.1) is 0 Å². The highest BCUT2D eigenvalue weighted by Gasteiger charge is 2.04. The van der Waals surface area contributed by atoms with E-state index in [9.17, 15) is 0 Å². The summed E-state index contributed by atoms with van der Waals surface area (Å²) in [5.41, 5.74) is 2.99. The first-order valence-corrected chi connectivity index (χ1v) is 5.90. The summed E-state index contributed by atoms with van der Waals surface area (Å²) in [5, 5.41) is 3.21. The number of nitrogens with zero attached hydrogens (tertiary/aromatic N) is 1.